The van der Waals surface area contributed by atoms with Crippen molar-refractivity contribution in [2.45, 2.75) is 27.7 Å². The minimum atomic E-state index is -0.495. The van der Waals surface area contributed by atoms with E-state index >= 15 is 0 Å². The number of rotatable bonds is 4. The van der Waals surface area contributed by atoms with E-state index in [-0.39, 0.29) is 22.2 Å². The number of hydrogen-bond donors (Lipinski definition) is 1. The lowest BCUT2D eigenvalue weighted by molar-refractivity contribution is -0.384. The first-order valence-electron chi connectivity index (χ1n) is 6.35. The normalized spacial score (nSPS) is 20.1. The molecule has 1 aliphatic carbocycles. The fourth-order valence-electron chi connectivity index (χ4n) is 2.86. The summed E-state index contributed by atoms with van der Waals surface area (Å²) in [6.45, 7) is 9.33. The topological polar surface area (TPSA) is 55.2 Å². The molecule has 1 saturated carbocycles. The van der Waals surface area contributed by atoms with Gasteiger partial charge in [0, 0.05) is 18.7 Å². The maximum absolute atomic E-state index is 13.2. The molecule has 19 heavy (non-hydrogen) atoms. The number of anilines is 1. The highest BCUT2D eigenvalue weighted by Crippen LogP contribution is 2.68. The van der Waals surface area contributed by atoms with E-state index in [2.05, 4.69) is 33.0 Å². The fourth-order valence-corrected chi connectivity index (χ4v) is 2.86. The van der Waals surface area contributed by atoms with Gasteiger partial charge in [-0.25, -0.2) is 4.39 Å². The Morgan fingerprint density at radius 3 is 2.37 bits per heavy atom. The molecule has 0 aromatic heterocycles. The van der Waals surface area contributed by atoms with E-state index in [4.69, 9.17) is 0 Å². The summed E-state index contributed by atoms with van der Waals surface area (Å²) in [7, 11) is 0. The molecule has 0 aliphatic heterocycles. The minimum absolute atomic E-state index is 0.0855. The Hall–Kier alpha value is -1.65. The molecular weight excluding hydrogens is 247 g/mol. The number of nitrogens with zero attached hydrogens (tertiary/aromatic N) is 1. The number of nitrogens with one attached hydrogen (secondary N) is 1. The summed E-state index contributed by atoms with van der Waals surface area (Å²) >= 11 is 0. The van der Waals surface area contributed by atoms with Crippen LogP contribution in [0.25, 0.3) is 0 Å². The highest BCUT2D eigenvalue weighted by molar-refractivity contribution is 5.61. The van der Waals surface area contributed by atoms with E-state index in [0.29, 0.717) is 12.5 Å². The molecule has 0 heterocycles. The molecule has 1 fully saturated rings. The van der Waals surface area contributed by atoms with Gasteiger partial charge in [0.1, 0.15) is 11.5 Å². The van der Waals surface area contributed by atoms with Crippen molar-refractivity contribution in [3.8, 4) is 0 Å². The number of nitro benzene ring substituents is 1. The van der Waals surface area contributed by atoms with Crippen LogP contribution in [0.4, 0.5) is 15.8 Å². The third kappa shape index (κ3) is 2.17. The molecule has 0 amide bonds. The summed E-state index contributed by atoms with van der Waals surface area (Å²) in [5, 5.41) is 13.9. The molecule has 5 heteroatoms. The standard InChI is InChI=1S/C14H19FN2O2/c1-13(2)12(14(13,3)4)8-16-10-7-9(15)5-6-11(10)17(18)19/h5-7,12,16H,8H2,1-4H3. The van der Waals surface area contributed by atoms with Crippen molar-refractivity contribution in [1.82, 2.24) is 0 Å². The summed E-state index contributed by atoms with van der Waals surface area (Å²) in [6.07, 6.45) is 0. The lowest BCUT2D eigenvalue weighted by atomic mass is 10.0. The van der Waals surface area contributed by atoms with E-state index in [0.717, 1.165) is 6.07 Å². The maximum atomic E-state index is 13.2. The molecular formula is C14H19FN2O2. The van der Waals surface area contributed by atoms with Gasteiger partial charge in [-0.05, 0) is 22.8 Å². The van der Waals surface area contributed by atoms with Crippen molar-refractivity contribution in [2.24, 2.45) is 16.7 Å². The predicted molar refractivity (Wildman–Crippen MR) is 72.6 cm³/mol. The average Bonchev–Trinajstić information content (AvgIpc) is 2.66. The van der Waals surface area contributed by atoms with Crippen LogP contribution in [0.3, 0.4) is 0 Å². The molecule has 1 aromatic rings. The van der Waals surface area contributed by atoms with Gasteiger partial charge in [-0.2, -0.15) is 0 Å². The van der Waals surface area contributed by atoms with Crippen LogP contribution in [0.1, 0.15) is 27.7 Å². The second kappa shape index (κ2) is 4.18. The van der Waals surface area contributed by atoms with Crippen molar-refractivity contribution in [2.75, 3.05) is 11.9 Å². The molecule has 0 spiro atoms. The highest BCUT2D eigenvalue weighted by Gasteiger charge is 2.64. The quantitative estimate of drug-likeness (QED) is 0.665. The Morgan fingerprint density at radius 1 is 1.32 bits per heavy atom. The average molecular weight is 266 g/mol. The van der Waals surface area contributed by atoms with Gasteiger partial charge in [0.15, 0.2) is 0 Å². The SMILES string of the molecule is CC1(C)C(CNc2cc(F)ccc2[N+](=O)[O-])C1(C)C. The first-order valence-corrected chi connectivity index (χ1v) is 6.35. The molecule has 4 nitrogen and oxygen atoms in total. The van der Waals surface area contributed by atoms with Gasteiger partial charge in [-0.15, -0.1) is 0 Å². The van der Waals surface area contributed by atoms with E-state index in [1.54, 1.807) is 0 Å². The minimum Gasteiger partial charge on any atom is -0.379 e. The third-order valence-electron chi connectivity index (χ3n) is 4.97. The molecule has 0 bridgehead atoms. The maximum Gasteiger partial charge on any atom is 0.292 e. The van der Waals surface area contributed by atoms with Gasteiger partial charge in [0.2, 0.25) is 0 Å². The van der Waals surface area contributed by atoms with Crippen LogP contribution < -0.4 is 5.32 Å². The zero-order valence-electron chi connectivity index (χ0n) is 11.7. The molecule has 1 aromatic carbocycles. The molecule has 0 saturated heterocycles. The predicted octanol–water partition coefficient (Wildman–Crippen LogP) is 3.83. The first-order chi connectivity index (χ1) is 8.68. The largest absolute Gasteiger partial charge is 0.379 e. The second-order valence-electron chi connectivity index (χ2n) is 6.30. The van der Waals surface area contributed by atoms with Crippen LogP contribution in [0.5, 0.6) is 0 Å². The summed E-state index contributed by atoms with van der Waals surface area (Å²) in [5.74, 6) is -0.0507. The summed E-state index contributed by atoms with van der Waals surface area (Å²) < 4.78 is 13.2. The Balaban J connectivity index is 2.13. The van der Waals surface area contributed by atoms with Crippen LogP contribution in [-0.2, 0) is 0 Å². The van der Waals surface area contributed by atoms with Crippen LogP contribution in [0.15, 0.2) is 18.2 Å². The first kappa shape index (κ1) is 13.8. The van der Waals surface area contributed by atoms with Crippen molar-refractivity contribution >= 4 is 11.4 Å². The number of halogens is 1. The van der Waals surface area contributed by atoms with Crippen molar-refractivity contribution in [3.05, 3.63) is 34.1 Å². The molecule has 104 valence electrons. The molecule has 0 radical (unpaired) electrons. The highest BCUT2D eigenvalue weighted by atomic mass is 19.1. The summed E-state index contributed by atoms with van der Waals surface area (Å²) in [4.78, 5) is 10.4. The van der Waals surface area contributed by atoms with Gasteiger partial charge in [0.25, 0.3) is 5.69 Å². The van der Waals surface area contributed by atoms with E-state index in [1.807, 2.05) is 0 Å². The van der Waals surface area contributed by atoms with Crippen LogP contribution in [0.2, 0.25) is 0 Å². The smallest absolute Gasteiger partial charge is 0.292 e. The fraction of sp³-hybridized carbons (Fsp3) is 0.571. The Labute approximate surface area is 112 Å². The summed E-state index contributed by atoms with van der Waals surface area (Å²) in [6, 6.07) is 3.48. The zero-order chi connectivity index (χ0) is 14.4. The van der Waals surface area contributed by atoms with Crippen LogP contribution >= 0.6 is 0 Å². The second-order valence-corrected chi connectivity index (χ2v) is 6.30. The van der Waals surface area contributed by atoms with Crippen LogP contribution in [0, 0.1) is 32.7 Å². The molecule has 0 unspecified atom stereocenters. The zero-order valence-corrected chi connectivity index (χ0v) is 11.7. The lowest BCUT2D eigenvalue weighted by Crippen LogP contribution is -2.09. The third-order valence-corrected chi connectivity index (χ3v) is 4.97. The molecule has 2 rings (SSSR count). The van der Waals surface area contributed by atoms with Gasteiger partial charge < -0.3 is 5.32 Å². The monoisotopic (exact) mass is 266 g/mol. The molecule has 0 atom stereocenters. The van der Waals surface area contributed by atoms with E-state index < -0.39 is 10.7 Å². The van der Waals surface area contributed by atoms with Crippen molar-refractivity contribution in [1.29, 1.82) is 0 Å². The van der Waals surface area contributed by atoms with E-state index in [1.165, 1.54) is 12.1 Å². The molecule has 1 N–H and O–H groups in total. The Bertz CT molecular complexity index is 512. The van der Waals surface area contributed by atoms with Gasteiger partial charge in [0.05, 0.1) is 4.92 Å². The summed E-state index contributed by atoms with van der Waals surface area (Å²) in [5.41, 5.74) is 0.561. The van der Waals surface area contributed by atoms with Crippen LogP contribution in [-0.4, -0.2) is 11.5 Å². The number of benzene rings is 1. The van der Waals surface area contributed by atoms with Gasteiger partial charge in [-0.1, -0.05) is 27.7 Å². The Kier molecular flexibility index (Phi) is 3.03. The van der Waals surface area contributed by atoms with Crippen molar-refractivity contribution < 1.29 is 9.31 Å². The lowest BCUT2D eigenvalue weighted by Gasteiger charge is -2.08. The van der Waals surface area contributed by atoms with E-state index in [9.17, 15) is 14.5 Å². The number of nitro groups is 1. The van der Waals surface area contributed by atoms with Crippen molar-refractivity contribution in [3.63, 3.8) is 0 Å². The van der Waals surface area contributed by atoms with Gasteiger partial charge >= 0.3 is 0 Å². The molecule has 1 aliphatic rings. The van der Waals surface area contributed by atoms with Gasteiger partial charge in [-0.3, -0.25) is 10.1 Å². The Morgan fingerprint density at radius 2 is 1.89 bits per heavy atom. The number of hydrogen-bond acceptors (Lipinski definition) is 3.